The molecule has 2 heterocycles. The molecule has 0 aliphatic rings. The number of thiophene rings is 1. The highest BCUT2D eigenvalue weighted by Crippen LogP contribution is 2.45. The number of fused-ring (bicyclic) bond motifs is 2. The van der Waals surface area contributed by atoms with Gasteiger partial charge in [0, 0.05) is 36.7 Å². The number of rotatable bonds is 5. The summed E-state index contributed by atoms with van der Waals surface area (Å²) >= 11 is 3.66. The van der Waals surface area contributed by atoms with Gasteiger partial charge < -0.3 is 4.42 Å². The predicted molar refractivity (Wildman–Crippen MR) is 137 cm³/mol. The zero-order valence-electron chi connectivity index (χ0n) is 17.2. The summed E-state index contributed by atoms with van der Waals surface area (Å²) in [6.45, 7) is 0. The lowest BCUT2D eigenvalue weighted by Crippen LogP contribution is -1.87. The van der Waals surface area contributed by atoms with Gasteiger partial charge in [-0.1, -0.05) is 72.8 Å². The Morgan fingerprint density at radius 1 is 0.781 bits per heavy atom. The van der Waals surface area contributed by atoms with Crippen LogP contribution in [0.15, 0.2) is 112 Å². The third-order valence-electron chi connectivity index (χ3n) is 5.55. The molecule has 3 heteroatoms. The third-order valence-corrected chi connectivity index (χ3v) is 7.77. The van der Waals surface area contributed by atoms with E-state index in [1.54, 1.807) is 0 Å². The monoisotopic (exact) mass is 447 g/mol. The zero-order valence-corrected chi connectivity index (χ0v) is 18.9. The van der Waals surface area contributed by atoms with E-state index in [0.717, 1.165) is 32.9 Å². The van der Waals surface area contributed by atoms with Crippen LogP contribution in [0.5, 0.6) is 0 Å². The van der Waals surface area contributed by atoms with Gasteiger partial charge in [0.25, 0.3) is 0 Å². The second kappa shape index (κ2) is 8.34. The maximum absolute atomic E-state index is 6.29. The molecule has 1 radical (unpaired) electrons. The molecule has 0 fully saturated rings. The standard InChI is InChI=1S/C29H19OS2/c1-2-9-20(10-3-1)19-31-27-16-8-13-23(25-17-21-11-4-6-14-24(21)30-25)29(27)28-18-22-12-5-7-15-26(22)32-28/h1-15,17-18H,19H2. The van der Waals surface area contributed by atoms with Crippen molar-refractivity contribution in [2.24, 2.45) is 0 Å². The van der Waals surface area contributed by atoms with Gasteiger partial charge in [-0.25, -0.2) is 0 Å². The smallest absolute Gasteiger partial charge is 0.136 e. The normalized spacial score (nSPS) is 11.4. The highest BCUT2D eigenvalue weighted by molar-refractivity contribution is 7.98. The summed E-state index contributed by atoms with van der Waals surface area (Å²) in [6.07, 6.45) is 0. The van der Waals surface area contributed by atoms with E-state index in [1.165, 1.54) is 26.1 Å². The first-order chi connectivity index (χ1) is 15.8. The summed E-state index contributed by atoms with van der Waals surface area (Å²) in [5.41, 5.74) is 4.54. The quantitative estimate of drug-likeness (QED) is 0.244. The van der Waals surface area contributed by atoms with E-state index in [0.29, 0.717) is 0 Å². The number of hydrogen-bond donors (Lipinski definition) is 0. The summed E-state index contributed by atoms with van der Waals surface area (Å²) in [5, 5.41) is 2.39. The van der Waals surface area contributed by atoms with E-state index in [4.69, 9.17) is 4.42 Å². The molecule has 4 aromatic carbocycles. The van der Waals surface area contributed by atoms with Gasteiger partial charge >= 0.3 is 0 Å². The summed E-state index contributed by atoms with van der Waals surface area (Å²) in [5.74, 6) is 1.80. The van der Waals surface area contributed by atoms with E-state index < -0.39 is 0 Å². The van der Waals surface area contributed by atoms with Gasteiger partial charge in [0.05, 0.1) is 0 Å². The molecule has 0 saturated carbocycles. The molecule has 0 aliphatic carbocycles. The lowest BCUT2D eigenvalue weighted by molar-refractivity contribution is 0.631. The Balaban J connectivity index is 1.51. The van der Waals surface area contributed by atoms with Crippen molar-refractivity contribution in [3.63, 3.8) is 0 Å². The Hall–Kier alpha value is -3.27. The minimum Gasteiger partial charge on any atom is -0.456 e. The lowest BCUT2D eigenvalue weighted by Gasteiger charge is -2.12. The third kappa shape index (κ3) is 3.64. The average Bonchev–Trinajstić information content (AvgIpc) is 3.47. The van der Waals surface area contributed by atoms with Gasteiger partial charge in [0.2, 0.25) is 0 Å². The van der Waals surface area contributed by atoms with Crippen molar-refractivity contribution in [2.75, 3.05) is 0 Å². The van der Waals surface area contributed by atoms with Crippen LogP contribution in [0.1, 0.15) is 5.56 Å². The van der Waals surface area contributed by atoms with Gasteiger partial charge in [-0.05, 0) is 47.3 Å². The Morgan fingerprint density at radius 2 is 1.56 bits per heavy atom. The van der Waals surface area contributed by atoms with Crippen molar-refractivity contribution in [1.29, 1.82) is 0 Å². The van der Waals surface area contributed by atoms with Crippen molar-refractivity contribution in [2.45, 2.75) is 10.6 Å². The molecule has 2 aromatic heterocycles. The molecule has 0 bridgehead atoms. The highest BCUT2D eigenvalue weighted by Gasteiger charge is 2.18. The number of thioether (sulfide) groups is 1. The summed E-state index contributed by atoms with van der Waals surface area (Å²) in [7, 11) is 0. The van der Waals surface area contributed by atoms with Crippen LogP contribution < -0.4 is 0 Å². The maximum atomic E-state index is 6.29. The zero-order chi connectivity index (χ0) is 21.3. The SMILES string of the molecule is [c]1ccc(-c2cc3ccccc3o2)c(-c2cc3ccccc3s2)c1SCc1ccccc1. The predicted octanol–water partition coefficient (Wildman–Crippen LogP) is 9.07. The Labute approximate surface area is 195 Å². The minimum atomic E-state index is 0.897. The van der Waals surface area contributed by atoms with Crippen LogP contribution in [0, 0.1) is 6.07 Å². The molecule has 0 saturated heterocycles. The second-order valence-corrected chi connectivity index (χ2v) is 9.74. The van der Waals surface area contributed by atoms with E-state index in [9.17, 15) is 0 Å². The second-order valence-electron chi connectivity index (χ2n) is 7.67. The molecule has 0 atom stereocenters. The van der Waals surface area contributed by atoms with Crippen molar-refractivity contribution in [3.05, 3.63) is 115 Å². The minimum absolute atomic E-state index is 0.897. The Bertz CT molecular complexity index is 1460. The van der Waals surface area contributed by atoms with Crippen molar-refractivity contribution in [1.82, 2.24) is 0 Å². The first-order valence-corrected chi connectivity index (χ1v) is 12.3. The summed E-state index contributed by atoms with van der Waals surface area (Å²) in [4.78, 5) is 2.40. The molecular weight excluding hydrogens is 428 g/mol. The molecule has 0 N–H and O–H groups in total. The van der Waals surface area contributed by atoms with Crippen LogP contribution in [-0.2, 0) is 5.75 Å². The van der Waals surface area contributed by atoms with Crippen molar-refractivity contribution >= 4 is 44.2 Å². The van der Waals surface area contributed by atoms with Gasteiger partial charge in [-0.3, -0.25) is 0 Å². The fourth-order valence-corrected chi connectivity index (χ4v) is 6.20. The number of hydrogen-bond acceptors (Lipinski definition) is 3. The van der Waals surface area contributed by atoms with Crippen LogP contribution in [0.2, 0.25) is 0 Å². The molecule has 6 aromatic rings. The van der Waals surface area contributed by atoms with E-state index in [1.807, 2.05) is 41.3 Å². The number of furan rings is 1. The number of benzene rings is 4. The van der Waals surface area contributed by atoms with Gasteiger partial charge in [-0.15, -0.1) is 23.1 Å². The van der Waals surface area contributed by atoms with E-state index in [2.05, 4.69) is 91.0 Å². The van der Waals surface area contributed by atoms with Gasteiger partial charge in [0.15, 0.2) is 0 Å². The lowest BCUT2D eigenvalue weighted by atomic mass is 10.0. The van der Waals surface area contributed by atoms with E-state index >= 15 is 0 Å². The highest BCUT2D eigenvalue weighted by atomic mass is 32.2. The molecular formula is C29H19OS2. The van der Waals surface area contributed by atoms with E-state index in [-0.39, 0.29) is 0 Å². The number of para-hydroxylation sites is 1. The molecule has 1 nitrogen and oxygen atoms in total. The van der Waals surface area contributed by atoms with Gasteiger partial charge in [-0.2, -0.15) is 0 Å². The molecule has 32 heavy (non-hydrogen) atoms. The van der Waals surface area contributed by atoms with Crippen LogP contribution in [0.4, 0.5) is 0 Å². The van der Waals surface area contributed by atoms with Gasteiger partial charge in [0.1, 0.15) is 11.3 Å². The van der Waals surface area contributed by atoms with Crippen LogP contribution in [0.25, 0.3) is 42.8 Å². The average molecular weight is 448 g/mol. The van der Waals surface area contributed by atoms with Crippen molar-refractivity contribution in [3.8, 4) is 21.8 Å². The first kappa shape index (κ1) is 19.4. The topological polar surface area (TPSA) is 13.1 Å². The molecule has 0 aliphatic heterocycles. The molecule has 0 unspecified atom stereocenters. The first-order valence-electron chi connectivity index (χ1n) is 10.5. The molecule has 0 amide bonds. The van der Waals surface area contributed by atoms with Crippen molar-refractivity contribution < 1.29 is 4.42 Å². The molecule has 153 valence electrons. The summed E-state index contributed by atoms with van der Waals surface area (Å²) in [6, 6.07) is 39.5. The molecule has 0 spiro atoms. The Morgan fingerprint density at radius 3 is 2.41 bits per heavy atom. The van der Waals surface area contributed by atoms with Crippen LogP contribution >= 0.6 is 23.1 Å². The van der Waals surface area contributed by atoms with Crippen LogP contribution in [-0.4, -0.2) is 0 Å². The Kier molecular flexibility index (Phi) is 5.06. The largest absolute Gasteiger partial charge is 0.456 e. The summed E-state index contributed by atoms with van der Waals surface area (Å²) < 4.78 is 7.58. The molecule has 6 rings (SSSR count). The fourth-order valence-electron chi connectivity index (χ4n) is 3.99. The van der Waals surface area contributed by atoms with Crippen LogP contribution in [0.3, 0.4) is 0 Å². The fraction of sp³-hybridized carbons (Fsp3) is 0.0345. The maximum Gasteiger partial charge on any atom is 0.136 e.